The van der Waals surface area contributed by atoms with Crippen molar-refractivity contribution >= 4 is 28.9 Å². The minimum Gasteiger partial charge on any atom is -0.480 e. The summed E-state index contributed by atoms with van der Waals surface area (Å²) >= 11 is 0.915. The van der Waals surface area contributed by atoms with E-state index in [-0.39, 0.29) is 6.61 Å². The van der Waals surface area contributed by atoms with Gasteiger partial charge in [-0.3, -0.25) is 19.3 Å². The number of hydrogen-bond acceptors (Lipinski definition) is 5. The van der Waals surface area contributed by atoms with Crippen LogP contribution in [0, 0.1) is 0 Å². The Bertz CT molecular complexity index is 659. The third-order valence-corrected chi connectivity index (χ3v) is 5.09. The molecular formula is C14H13NO5S. The van der Waals surface area contributed by atoms with Gasteiger partial charge in [0.05, 0.1) is 6.61 Å². The smallest absolute Gasteiger partial charge is 0.323 e. The molecule has 1 spiro atoms. The van der Waals surface area contributed by atoms with Gasteiger partial charge in [-0.2, -0.15) is 0 Å². The Labute approximate surface area is 124 Å². The maximum absolute atomic E-state index is 12.5. The van der Waals surface area contributed by atoms with Crippen LogP contribution in [0.4, 0.5) is 4.79 Å². The molecule has 110 valence electrons. The standard InChI is InChI=1S/C14H13NO5S/c16-7-8-1-2-9-4-14(5-10(9)3-8)12(19)15(6-11(17)18)13(20)21-14/h1-3,16H,4-7H2,(H,17,18). The van der Waals surface area contributed by atoms with Crippen LogP contribution in [0.25, 0.3) is 0 Å². The van der Waals surface area contributed by atoms with Crippen molar-refractivity contribution in [3.8, 4) is 0 Å². The zero-order chi connectivity index (χ0) is 15.2. The fraction of sp³-hybridized carbons (Fsp3) is 0.357. The van der Waals surface area contributed by atoms with Gasteiger partial charge in [0.25, 0.3) is 5.24 Å². The molecule has 7 heteroatoms. The molecule has 1 saturated heterocycles. The number of aliphatic hydroxyl groups is 1. The van der Waals surface area contributed by atoms with Crippen LogP contribution in [0.2, 0.25) is 0 Å². The van der Waals surface area contributed by atoms with E-state index in [0.29, 0.717) is 12.8 Å². The Hall–Kier alpha value is -1.86. The summed E-state index contributed by atoms with van der Waals surface area (Å²) in [5.41, 5.74) is 2.67. The van der Waals surface area contributed by atoms with E-state index in [0.717, 1.165) is 33.4 Å². The number of amides is 2. The fourth-order valence-corrected chi connectivity index (χ4v) is 4.13. The third kappa shape index (κ3) is 2.22. The molecule has 6 nitrogen and oxygen atoms in total. The number of carbonyl (C=O) groups excluding carboxylic acids is 2. The van der Waals surface area contributed by atoms with Crippen LogP contribution in [-0.4, -0.2) is 43.5 Å². The Morgan fingerprint density at radius 2 is 2.00 bits per heavy atom. The Morgan fingerprint density at radius 3 is 2.67 bits per heavy atom. The molecule has 0 saturated carbocycles. The molecule has 1 heterocycles. The van der Waals surface area contributed by atoms with Crippen LogP contribution >= 0.6 is 11.8 Å². The monoisotopic (exact) mass is 307 g/mol. The van der Waals surface area contributed by atoms with Gasteiger partial charge in [-0.25, -0.2) is 0 Å². The van der Waals surface area contributed by atoms with E-state index in [2.05, 4.69) is 0 Å². The molecule has 1 unspecified atom stereocenters. The summed E-state index contributed by atoms with van der Waals surface area (Å²) in [6.07, 6.45) is 0.806. The minimum absolute atomic E-state index is 0.0779. The lowest BCUT2D eigenvalue weighted by atomic mass is 10.0. The van der Waals surface area contributed by atoms with Crippen LogP contribution in [0.15, 0.2) is 18.2 Å². The zero-order valence-electron chi connectivity index (χ0n) is 11.0. The van der Waals surface area contributed by atoms with Gasteiger partial charge in [0.1, 0.15) is 11.3 Å². The normalized spacial score (nSPS) is 24.0. The molecule has 0 aromatic heterocycles. The van der Waals surface area contributed by atoms with Crippen molar-refractivity contribution in [2.45, 2.75) is 24.2 Å². The van der Waals surface area contributed by atoms with E-state index in [1.165, 1.54) is 0 Å². The highest BCUT2D eigenvalue weighted by Crippen LogP contribution is 2.47. The van der Waals surface area contributed by atoms with E-state index in [1.54, 1.807) is 6.07 Å². The number of imide groups is 1. The van der Waals surface area contributed by atoms with E-state index in [4.69, 9.17) is 10.2 Å². The predicted molar refractivity (Wildman–Crippen MR) is 74.8 cm³/mol. The van der Waals surface area contributed by atoms with Crippen molar-refractivity contribution in [2.75, 3.05) is 6.54 Å². The molecule has 2 N–H and O–H groups in total. The van der Waals surface area contributed by atoms with E-state index in [9.17, 15) is 14.4 Å². The van der Waals surface area contributed by atoms with Crippen LogP contribution < -0.4 is 0 Å². The number of carboxylic acid groups (broad SMARTS) is 1. The van der Waals surface area contributed by atoms with Crippen molar-refractivity contribution in [2.24, 2.45) is 0 Å². The highest BCUT2D eigenvalue weighted by Gasteiger charge is 2.55. The Morgan fingerprint density at radius 1 is 1.29 bits per heavy atom. The maximum atomic E-state index is 12.5. The first-order valence-electron chi connectivity index (χ1n) is 6.43. The molecule has 1 aliphatic heterocycles. The van der Waals surface area contributed by atoms with Gasteiger partial charge in [-0.15, -0.1) is 0 Å². The van der Waals surface area contributed by atoms with Gasteiger partial charge in [0, 0.05) is 0 Å². The molecule has 1 aliphatic carbocycles. The summed E-state index contributed by atoms with van der Waals surface area (Å²) < 4.78 is -0.914. The van der Waals surface area contributed by atoms with E-state index < -0.39 is 28.4 Å². The SMILES string of the molecule is O=C(O)CN1C(=O)SC2(Cc3ccc(CO)cc3C2)C1=O. The summed E-state index contributed by atoms with van der Waals surface area (Å²) in [4.78, 5) is 36.0. The molecule has 21 heavy (non-hydrogen) atoms. The van der Waals surface area contributed by atoms with Crippen molar-refractivity contribution in [3.05, 3.63) is 34.9 Å². The summed E-state index contributed by atoms with van der Waals surface area (Å²) in [5, 5.41) is 17.5. The summed E-state index contributed by atoms with van der Waals surface area (Å²) in [6.45, 7) is -0.671. The first-order valence-corrected chi connectivity index (χ1v) is 7.25. The summed E-state index contributed by atoms with van der Waals surface area (Å²) in [7, 11) is 0. The molecule has 1 aromatic carbocycles. The van der Waals surface area contributed by atoms with E-state index >= 15 is 0 Å². The van der Waals surface area contributed by atoms with Crippen molar-refractivity contribution in [1.29, 1.82) is 0 Å². The van der Waals surface area contributed by atoms with Gasteiger partial charge < -0.3 is 10.2 Å². The van der Waals surface area contributed by atoms with E-state index in [1.807, 2.05) is 12.1 Å². The second kappa shape index (κ2) is 4.85. The summed E-state index contributed by atoms with van der Waals surface area (Å²) in [5.74, 6) is -1.63. The average molecular weight is 307 g/mol. The number of thioether (sulfide) groups is 1. The lowest BCUT2D eigenvalue weighted by Crippen LogP contribution is -2.42. The largest absolute Gasteiger partial charge is 0.480 e. The Kier molecular flexibility index (Phi) is 3.26. The van der Waals surface area contributed by atoms with Gasteiger partial charge in [0.2, 0.25) is 5.91 Å². The number of fused-ring (bicyclic) bond motifs is 1. The topological polar surface area (TPSA) is 94.9 Å². The maximum Gasteiger partial charge on any atom is 0.323 e. The third-order valence-electron chi connectivity index (χ3n) is 3.84. The number of rotatable bonds is 3. The lowest BCUT2D eigenvalue weighted by molar-refractivity contribution is -0.142. The number of benzene rings is 1. The second-order valence-corrected chi connectivity index (χ2v) is 6.60. The zero-order valence-corrected chi connectivity index (χ0v) is 11.9. The average Bonchev–Trinajstić information content (AvgIpc) is 2.90. The molecule has 2 aliphatic rings. The summed E-state index contributed by atoms with van der Waals surface area (Å²) in [6, 6.07) is 5.48. The molecular weight excluding hydrogens is 294 g/mol. The van der Waals surface area contributed by atoms with Crippen LogP contribution in [0.1, 0.15) is 16.7 Å². The van der Waals surface area contributed by atoms with Gasteiger partial charge in [0.15, 0.2) is 0 Å². The van der Waals surface area contributed by atoms with Crippen LogP contribution in [0.5, 0.6) is 0 Å². The highest BCUT2D eigenvalue weighted by molar-refractivity contribution is 8.16. The second-order valence-electron chi connectivity index (χ2n) is 5.26. The van der Waals surface area contributed by atoms with Crippen molar-refractivity contribution < 1.29 is 24.6 Å². The highest BCUT2D eigenvalue weighted by atomic mass is 32.2. The Balaban J connectivity index is 1.90. The number of carboxylic acids is 1. The molecule has 3 rings (SSSR count). The number of aliphatic hydroxyl groups excluding tert-OH is 1. The fourth-order valence-electron chi connectivity index (χ4n) is 2.88. The first kappa shape index (κ1) is 14.1. The molecule has 1 atom stereocenters. The number of carbonyl (C=O) groups is 3. The van der Waals surface area contributed by atoms with Gasteiger partial charge in [-0.05, 0) is 41.3 Å². The van der Waals surface area contributed by atoms with Gasteiger partial charge >= 0.3 is 5.97 Å². The van der Waals surface area contributed by atoms with Crippen LogP contribution in [0.3, 0.4) is 0 Å². The minimum atomic E-state index is -1.20. The first-order chi connectivity index (χ1) is 9.95. The number of nitrogens with zero attached hydrogens (tertiary/aromatic N) is 1. The molecule has 0 bridgehead atoms. The molecule has 0 radical (unpaired) electrons. The van der Waals surface area contributed by atoms with Crippen molar-refractivity contribution in [1.82, 2.24) is 4.90 Å². The van der Waals surface area contributed by atoms with Gasteiger partial charge in [-0.1, -0.05) is 18.2 Å². The molecule has 1 fully saturated rings. The number of hydrogen-bond donors (Lipinski definition) is 2. The number of aliphatic carboxylic acids is 1. The molecule has 1 aromatic rings. The predicted octanol–water partition coefficient (Wildman–Crippen LogP) is 0.796. The van der Waals surface area contributed by atoms with Crippen molar-refractivity contribution in [3.63, 3.8) is 0 Å². The lowest BCUT2D eigenvalue weighted by Gasteiger charge is -2.18. The molecule has 2 amide bonds. The quantitative estimate of drug-likeness (QED) is 0.857. The van der Waals surface area contributed by atoms with Crippen LogP contribution in [-0.2, 0) is 29.0 Å².